The first-order valence-electron chi connectivity index (χ1n) is 11.5. The Balaban J connectivity index is 1.58. The first-order valence-corrected chi connectivity index (χ1v) is 11.5. The summed E-state index contributed by atoms with van der Waals surface area (Å²) in [6.45, 7) is 0.462. The number of pyridine rings is 2. The number of nitrogens with zero attached hydrogens (tertiary/aromatic N) is 3. The molecule has 0 unspecified atom stereocenters. The number of aromatic nitrogens is 2. The third kappa shape index (κ3) is 6.32. The summed E-state index contributed by atoms with van der Waals surface area (Å²) in [5, 5.41) is 15.5. The van der Waals surface area contributed by atoms with Crippen molar-refractivity contribution in [1.29, 1.82) is 5.26 Å². The molecule has 0 aliphatic heterocycles. The molecule has 0 radical (unpaired) electrons. The van der Waals surface area contributed by atoms with Gasteiger partial charge in [-0.05, 0) is 54.4 Å². The molecule has 0 spiro atoms. The van der Waals surface area contributed by atoms with Crippen LogP contribution in [0.25, 0.3) is 11.3 Å². The van der Waals surface area contributed by atoms with Crippen LogP contribution in [0.1, 0.15) is 37.7 Å². The number of hydrogen-bond donors (Lipinski definition) is 3. The van der Waals surface area contributed by atoms with Crippen LogP contribution in [0.3, 0.4) is 0 Å². The van der Waals surface area contributed by atoms with Gasteiger partial charge >= 0.3 is 0 Å². The second kappa shape index (κ2) is 11.6. The normalized spacial score (nSPS) is 10.4. The highest BCUT2D eigenvalue weighted by atomic mass is 19.1. The smallest absolute Gasteiger partial charge is 0.267 e. The standard InChI is InChI=1S/C28H23FN6O2/c29-20-7-3-5-18(15-20)13-14-32-27-23(11-12-24(35-27)22-9-2-1-6-19(22)16-30)28(37)33-17-21-8-4-10-25(34-21)26(31)36/h1-12,15H,13-14,17H2,(H2,31,36)(H,32,35)(H,33,37). The van der Waals surface area contributed by atoms with Crippen LogP contribution in [0.5, 0.6) is 0 Å². The number of nitriles is 1. The zero-order chi connectivity index (χ0) is 26.2. The van der Waals surface area contributed by atoms with Gasteiger partial charge < -0.3 is 16.4 Å². The van der Waals surface area contributed by atoms with Gasteiger partial charge in [0, 0.05) is 12.1 Å². The molecule has 4 N–H and O–H groups in total. The van der Waals surface area contributed by atoms with E-state index in [1.165, 1.54) is 18.2 Å². The van der Waals surface area contributed by atoms with Crippen LogP contribution in [0.15, 0.2) is 78.9 Å². The molecule has 0 bridgehead atoms. The second-order valence-electron chi connectivity index (χ2n) is 8.12. The summed E-state index contributed by atoms with van der Waals surface area (Å²) in [5.74, 6) is -1.07. The second-order valence-corrected chi connectivity index (χ2v) is 8.12. The molecule has 8 nitrogen and oxygen atoms in total. The number of carbonyl (C=O) groups is 2. The van der Waals surface area contributed by atoms with Crippen molar-refractivity contribution in [2.24, 2.45) is 5.73 Å². The lowest BCUT2D eigenvalue weighted by Gasteiger charge is -2.14. The average Bonchev–Trinajstić information content (AvgIpc) is 2.92. The monoisotopic (exact) mass is 494 g/mol. The van der Waals surface area contributed by atoms with E-state index in [-0.39, 0.29) is 23.6 Å². The molecule has 4 aromatic rings. The molecule has 2 amide bonds. The van der Waals surface area contributed by atoms with Crippen LogP contribution in [0.4, 0.5) is 10.2 Å². The third-order valence-corrected chi connectivity index (χ3v) is 5.55. The van der Waals surface area contributed by atoms with Crippen molar-refractivity contribution in [3.8, 4) is 17.3 Å². The SMILES string of the molecule is N#Cc1ccccc1-c1ccc(C(=O)NCc2cccc(C(N)=O)n2)c(NCCc2cccc(F)c2)n1. The number of nitrogens with two attached hydrogens (primary N) is 1. The van der Waals surface area contributed by atoms with E-state index in [1.54, 1.807) is 48.5 Å². The van der Waals surface area contributed by atoms with Crippen LogP contribution in [0.2, 0.25) is 0 Å². The van der Waals surface area contributed by atoms with Gasteiger partial charge in [0.05, 0.1) is 35.1 Å². The summed E-state index contributed by atoms with van der Waals surface area (Å²) in [7, 11) is 0. The Bertz CT molecular complexity index is 1500. The lowest BCUT2D eigenvalue weighted by Crippen LogP contribution is -2.25. The average molecular weight is 495 g/mol. The van der Waals surface area contributed by atoms with Gasteiger partial charge in [-0.2, -0.15) is 5.26 Å². The number of anilines is 1. The molecule has 2 aromatic heterocycles. The molecule has 0 aliphatic carbocycles. The van der Waals surface area contributed by atoms with E-state index in [1.807, 2.05) is 12.1 Å². The Hall–Kier alpha value is -5.10. The largest absolute Gasteiger partial charge is 0.369 e. The van der Waals surface area contributed by atoms with Crippen molar-refractivity contribution in [2.45, 2.75) is 13.0 Å². The predicted molar refractivity (Wildman–Crippen MR) is 137 cm³/mol. The maximum Gasteiger partial charge on any atom is 0.267 e. The molecule has 0 atom stereocenters. The van der Waals surface area contributed by atoms with E-state index in [0.717, 1.165) is 5.56 Å². The first kappa shape index (κ1) is 25.0. The van der Waals surface area contributed by atoms with E-state index >= 15 is 0 Å². The molecule has 0 fully saturated rings. The Morgan fingerprint density at radius 2 is 1.78 bits per heavy atom. The van der Waals surface area contributed by atoms with Crippen LogP contribution in [-0.2, 0) is 13.0 Å². The van der Waals surface area contributed by atoms with E-state index in [4.69, 9.17) is 5.73 Å². The van der Waals surface area contributed by atoms with Crippen LogP contribution in [-0.4, -0.2) is 28.3 Å². The van der Waals surface area contributed by atoms with Crippen molar-refractivity contribution in [1.82, 2.24) is 15.3 Å². The van der Waals surface area contributed by atoms with Crippen molar-refractivity contribution >= 4 is 17.6 Å². The van der Waals surface area contributed by atoms with E-state index in [0.29, 0.717) is 41.3 Å². The molecule has 0 aliphatic rings. The van der Waals surface area contributed by atoms with Crippen LogP contribution < -0.4 is 16.4 Å². The van der Waals surface area contributed by atoms with Crippen molar-refractivity contribution in [3.63, 3.8) is 0 Å². The Labute approximate surface area is 213 Å². The van der Waals surface area contributed by atoms with E-state index in [9.17, 15) is 19.2 Å². The van der Waals surface area contributed by atoms with Gasteiger partial charge in [-0.15, -0.1) is 0 Å². The number of amides is 2. The summed E-state index contributed by atoms with van der Waals surface area (Å²) >= 11 is 0. The van der Waals surface area contributed by atoms with Gasteiger partial charge in [-0.3, -0.25) is 9.59 Å². The maximum atomic E-state index is 13.6. The highest BCUT2D eigenvalue weighted by molar-refractivity contribution is 5.99. The quantitative estimate of drug-likeness (QED) is 0.324. The van der Waals surface area contributed by atoms with Crippen molar-refractivity contribution in [3.05, 3.63) is 113 Å². The molecule has 0 saturated carbocycles. The molecular weight excluding hydrogens is 471 g/mol. The number of hydrogen-bond acceptors (Lipinski definition) is 6. The fourth-order valence-electron chi connectivity index (χ4n) is 3.73. The third-order valence-electron chi connectivity index (χ3n) is 5.55. The molecule has 184 valence electrons. The molecule has 4 rings (SSSR count). The van der Waals surface area contributed by atoms with Gasteiger partial charge in [0.2, 0.25) is 0 Å². The van der Waals surface area contributed by atoms with Gasteiger partial charge in [-0.25, -0.2) is 14.4 Å². The number of nitrogens with one attached hydrogen (secondary N) is 2. The molecule has 9 heteroatoms. The Morgan fingerprint density at radius 1 is 0.973 bits per heavy atom. The first-order chi connectivity index (χ1) is 17.9. The zero-order valence-electron chi connectivity index (χ0n) is 19.7. The fraction of sp³-hybridized carbons (Fsp3) is 0.107. The summed E-state index contributed by atoms with van der Waals surface area (Å²) in [6.07, 6.45) is 0.503. The lowest BCUT2D eigenvalue weighted by atomic mass is 10.0. The number of benzene rings is 2. The summed E-state index contributed by atoms with van der Waals surface area (Å²) in [6, 6.07) is 23.6. The van der Waals surface area contributed by atoms with Crippen molar-refractivity contribution < 1.29 is 14.0 Å². The van der Waals surface area contributed by atoms with Crippen molar-refractivity contribution in [2.75, 3.05) is 11.9 Å². The molecular formula is C28H23FN6O2. The highest BCUT2D eigenvalue weighted by Gasteiger charge is 2.16. The number of primary amides is 1. The predicted octanol–water partition coefficient (Wildman–Crippen LogP) is 3.84. The summed E-state index contributed by atoms with van der Waals surface area (Å²) < 4.78 is 13.6. The lowest BCUT2D eigenvalue weighted by molar-refractivity contribution is 0.0950. The number of rotatable bonds is 9. The van der Waals surface area contributed by atoms with E-state index < -0.39 is 11.8 Å². The number of halogens is 1. The molecule has 2 heterocycles. The zero-order valence-corrected chi connectivity index (χ0v) is 19.7. The van der Waals surface area contributed by atoms with Crippen LogP contribution >= 0.6 is 0 Å². The fourth-order valence-corrected chi connectivity index (χ4v) is 3.73. The minimum Gasteiger partial charge on any atom is -0.369 e. The summed E-state index contributed by atoms with van der Waals surface area (Å²) in [4.78, 5) is 33.3. The highest BCUT2D eigenvalue weighted by Crippen LogP contribution is 2.25. The maximum absolute atomic E-state index is 13.6. The molecule has 0 saturated heterocycles. The number of carbonyl (C=O) groups excluding carboxylic acids is 2. The Kier molecular flexibility index (Phi) is 7.81. The van der Waals surface area contributed by atoms with Gasteiger partial charge in [0.15, 0.2) is 0 Å². The molecule has 37 heavy (non-hydrogen) atoms. The van der Waals surface area contributed by atoms with Gasteiger partial charge in [0.25, 0.3) is 11.8 Å². The van der Waals surface area contributed by atoms with E-state index in [2.05, 4.69) is 26.7 Å². The van der Waals surface area contributed by atoms with Gasteiger partial charge in [-0.1, -0.05) is 36.4 Å². The topological polar surface area (TPSA) is 134 Å². The summed E-state index contributed by atoms with van der Waals surface area (Å²) in [5.41, 5.74) is 8.55. The van der Waals surface area contributed by atoms with Crippen LogP contribution in [0, 0.1) is 17.1 Å². The Morgan fingerprint density at radius 3 is 2.57 bits per heavy atom. The minimum atomic E-state index is -0.657. The van der Waals surface area contributed by atoms with Gasteiger partial charge in [0.1, 0.15) is 17.3 Å². The minimum absolute atomic E-state index is 0.0711. The molecule has 2 aromatic carbocycles.